The summed E-state index contributed by atoms with van der Waals surface area (Å²) in [5.74, 6) is 1.43. The van der Waals surface area contributed by atoms with Crippen molar-refractivity contribution in [2.45, 2.75) is 19.4 Å². The number of hydrogen-bond acceptors (Lipinski definition) is 6. The van der Waals surface area contributed by atoms with Crippen LogP contribution in [0.2, 0.25) is 0 Å². The predicted molar refractivity (Wildman–Crippen MR) is 72.2 cm³/mol. The van der Waals surface area contributed by atoms with Gasteiger partial charge in [-0.05, 0) is 18.4 Å². The van der Waals surface area contributed by atoms with Gasteiger partial charge in [-0.1, -0.05) is 0 Å². The van der Waals surface area contributed by atoms with Gasteiger partial charge in [-0.3, -0.25) is 5.01 Å². The fourth-order valence-corrected chi connectivity index (χ4v) is 2.99. The van der Waals surface area contributed by atoms with E-state index in [0.717, 1.165) is 28.2 Å². The molecule has 0 fully saturated rings. The van der Waals surface area contributed by atoms with Crippen molar-refractivity contribution in [1.82, 2.24) is 15.0 Å². The molecule has 0 amide bonds. The van der Waals surface area contributed by atoms with Crippen LogP contribution < -0.4 is 4.74 Å². The lowest BCUT2D eigenvalue weighted by atomic mass is 10.1. The zero-order valence-electron chi connectivity index (χ0n) is 10.5. The van der Waals surface area contributed by atoms with E-state index in [4.69, 9.17) is 4.74 Å². The maximum atomic E-state index is 5.35. The van der Waals surface area contributed by atoms with E-state index < -0.39 is 0 Å². The van der Waals surface area contributed by atoms with Crippen LogP contribution in [-0.4, -0.2) is 34.8 Å². The van der Waals surface area contributed by atoms with E-state index in [9.17, 15) is 0 Å². The third kappa shape index (κ3) is 1.73. The van der Waals surface area contributed by atoms with Crippen molar-refractivity contribution >= 4 is 27.3 Å². The van der Waals surface area contributed by atoms with Gasteiger partial charge >= 0.3 is 0 Å². The normalized spacial score (nSPS) is 19.4. The number of thiophene rings is 1. The first-order valence-corrected chi connectivity index (χ1v) is 6.63. The van der Waals surface area contributed by atoms with Crippen LogP contribution in [0.5, 0.6) is 5.88 Å². The molecule has 1 aliphatic heterocycles. The molecule has 1 aliphatic rings. The van der Waals surface area contributed by atoms with Gasteiger partial charge in [0.15, 0.2) is 5.82 Å². The van der Waals surface area contributed by atoms with Gasteiger partial charge in [-0.2, -0.15) is 10.1 Å². The van der Waals surface area contributed by atoms with Crippen molar-refractivity contribution < 1.29 is 4.74 Å². The molecular weight excluding hydrogens is 248 g/mol. The minimum Gasteiger partial charge on any atom is -0.480 e. The summed E-state index contributed by atoms with van der Waals surface area (Å²) < 4.78 is 6.35. The Hall–Kier alpha value is -1.69. The van der Waals surface area contributed by atoms with Crippen LogP contribution in [0.15, 0.2) is 16.5 Å². The maximum absolute atomic E-state index is 5.35. The second kappa shape index (κ2) is 4.20. The highest BCUT2D eigenvalue weighted by molar-refractivity contribution is 7.17. The topological polar surface area (TPSA) is 50.6 Å². The SMILES string of the molecule is COc1nc(C2CC(C)=NN2C)nc2ccsc12. The van der Waals surface area contributed by atoms with Gasteiger partial charge in [0, 0.05) is 19.2 Å². The Morgan fingerprint density at radius 1 is 1.44 bits per heavy atom. The summed E-state index contributed by atoms with van der Waals surface area (Å²) >= 11 is 1.60. The largest absolute Gasteiger partial charge is 0.480 e. The lowest BCUT2D eigenvalue weighted by Gasteiger charge is -2.17. The zero-order chi connectivity index (χ0) is 12.7. The summed E-state index contributed by atoms with van der Waals surface area (Å²) in [5.41, 5.74) is 2.05. The van der Waals surface area contributed by atoms with Crippen LogP contribution >= 0.6 is 11.3 Å². The molecule has 0 N–H and O–H groups in total. The number of rotatable bonds is 2. The smallest absolute Gasteiger partial charge is 0.234 e. The fourth-order valence-electron chi connectivity index (χ4n) is 2.19. The fraction of sp³-hybridized carbons (Fsp3) is 0.417. The van der Waals surface area contributed by atoms with Gasteiger partial charge < -0.3 is 4.74 Å². The first kappa shape index (κ1) is 11.4. The summed E-state index contributed by atoms with van der Waals surface area (Å²) in [6, 6.07) is 2.11. The molecule has 3 heterocycles. The number of ether oxygens (including phenoxy) is 1. The van der Waals surface area contributed by atoms with E-state index >= 15 is 0 Å². The molecule has 18 heavy (non-hydrogen) atoms. The Labute approximate surface area is 109 Å². The van der Waals surface area contributed by atoms with Gasteiger partial charge in [-0.25, -0.2) is 4.98 Å². The Balaban J connectivity index is 2.07. The second-order valence-electron chi connectivity index (χ2n) is 4.35. The van der Waals surface area contributed by atoms with E-state index in [2.05, 4.69) is 15.1 Å². The third-order valence-corrected chi connectivity index (χ3v) is 3.94. The number of hydrogen-bond donors (Lipinski definition) is 0. The van der Waals surface area contributed by atoms with Crippen LogP contribution in [0.4, 0.5) is 0 Å². The van der Waals surface area contributed by atoms with Gasteiger partial charge in [0.2, 0.25) is 5.88 Å². The summed E-state index contributed by atoms with van der Waals surface area (Å²) in [7, 11) is 3.60. The molecular formula is C12H14N4OS. The van der Waals surface area contributed by atoms with Crippen LogP contribution in [0.25, 0.3) is 10.2 Å². The van der Waals surface area contributed by atoms with E-state index in [1.165, 1.54) is 0 Å². The Morgan fingerprint density at radius 2 is 2.28 bits per heavy atom. The number of hydrazone groups is 1. The molecule has 6 heteroatoms. The van der Waals surface area contributed by atoms with E-state index in [-0.39, 0.29) is 6.04 Å². The third-order valence-electron chi connectivity index (χ3n) is 3.05. The highest BCUT2D eigenvalue weighted by atomic mass is 32.1. The van der Waals surface area contributed by atoms with Crippen molar-refractivity contribution in [2.75, 3.05) is 14.2 Å². The summed E-state index contributed by atoms with van der Waals surface area (Å²) in [6.45, 7) is 2.02. The molecule has 2 aromatic heterocycles. The Bertz CT molecular complexity index is 622. The monoisotopic (exact) mass is 262 g/mol. The number of aromatic nitrogens is 2. The van der Waals surface area contributed by atoms with Crippen molar-refractivity contribution in [2.24, 2.45) is 5.10 Å². The summed E-state index contributed by atoms with van der Waals surface area (Å²) in [6.07, 6.45) is 0.870. The van der Waals surface area contributed by atoms with E-state index in [0.29, 0.717) is 5.88 Å². The molecule has 0 saturated heterocycles. The Morgan fingerprint density at radius 3 is 2.94 bits per heavy atom. The summed E-state index contributed by atoms with van der Waals surface area (Å²) in [5, 5.41) is 8.33. The first-order valence-electron chi connectivity index (χ1n) is 5.75. The van der Waals surface area contributed by atoms with Crippen molar-refractivity contribution in [3.05, 3.63) is 17.3 Å². The summed E-state index contributed by atoms with van der Waals surface area (Å²) in [4.78, 5) is 9.14. The number of fused-ring (bicyclic) bond motifs is 1. The Kier molecular flexibility index (Phi) is 2.66. The number of nitrogens with zero attached hydrogens (tertiary/aromatic N) is 4. The molecule has 0 aliphatic carbocycles. The van der Waals surface area contributed by atoms with Crippen LogP contribution in [0, 0.1) is 0 Å². The maximum Gasteiger partial charge on any atom is 0.234 e. The molecule has 3 rings (SSSR count). The van der Waals surface area contributed by atoms with Crippen molar-refractivity contribution in [3.8, 4) is 5.88 Å². The predicted octanol–water partition coefficient (Wildman–Crippen LogP) is 2.45. The van der Waals surface area contributed by atoms with E-state index in [1.54, 1.807) is 18.4 Å². The van der Waals surface area contributed by atoms with E-state index in [1.807, 2.05) is 30.4 Å². The molecule has 0 spiro atoms. The second-order valence-corrected chi connectivity index (χ2v) is 5.27. The molecule has 2 aromatic rings. The lowest BCUT2D eigenvalue weighted by molar-refractivity contribution is 0.276. The standard InChI is InChI=1S/C12H14N4OS/c1-7-6-9(16(2)15-7)11-13-8-4-5-18-10(8)12(14-11)17-3/h4-5,9H,6H2,1-3H3. The molecule has 1 unspecified atom stereocenters. The molecule has 0 bridgehead atoms. The quantitative estimate of drug-likeness (QED) is 0.834. The molecule has 0 aromatic carbocycles. The van der Waals surface area contributed by atoms with Crippen molar-refractivity contribution in [1.29, 1.82) is 0 Å². The molecule has 0 radical (unpaired) electrons. The van der Waals surface area contributed by atoms with Crippen LogP contribution in [0.3, 0.4) is 0 Å². The average molecular weight is 262 g/mol. The van der Waals surface area contributed by atoms with Gasteiger partial charge in [0.1, 0.15) is 10.7 Å². The molecule has 1 atom stereocenters. The highest BCUT2D eigenvalue weighted by Gasteiger charge is 2.27. The molecule has 94 valence electrons. The number of methoxy groups -OCH3 is 1. The van der Waals surface area contributed by atoms with Crippen LogP contribution in [-0.2, 0) is 0 Å². The van der Waals surface area contributed by atoms with Gasteiger partial charge in [0.05, 0.1) is 12.6 Å². The van der Waals surface area contributed by atoms with Crippen molar-refractivity contribution in [3.63, 3.8) is 0 Å². The first-order chi connectivity index (χ1) is 8.69. The molecule has 5 nitrogen and oxygen atoms in total. The molecule has 0 saturated carbocycles. The van der Waals surface area contributed by atoms with Gasteiger partial charge in [-0.15, -0.1) is 11.3 Å². The average Bonchev–Trinajstić information content (AvgIpc) is 2.93. The minimum atomic E-state index is 0.114. The lowest BCUT2D eigenvalue weighted by Crippen LogP contribution is -2.17. The van der Waals surface area contributed by atoms with Crippen LogP contribution in [0.1, 0.15) is 25.2 Å². The van der Waals surface area contributed by atoms with Gasteiger partial charge in [0.25, 0.3) is 0 Å². The minimum absolute atomic E-state index is 0.114. The highest BCUT2D eigenvalue weighted by Crippen LogP contribution is 2.32. The zero-order valence-corrected chi connectivity index (χ0v) is 11.4.